The largest absolute Gasteiger partial charge is 0.365 e. The second kappa shape index (κ2) is 14.7. The van der Waals surface area contributed by atoms with Crippen LogP contribution in [-0.4, -0.2) is 93.9 Å². The van der Waals surface area contributed by atoms with Crippen LogP contribution in [0.5, 0.6) is 0 Å². The van der Waals surface area contributed by atoms with Crippen LogP contribution in [-0.2, 0) is 14.3 Å². The lowest BCUT2D eigenvalue weighted by atomic mass is 10.0. The molecule has 0 N–H and O–H groups in total. The summed E-state index contributed by atoms with van der Waals surface area (Å²) in [4.78, 5) is 52.7. The first kappa shape index (κ1) is 30.1. The second-order valence-electron chi connectivity index (χ2n) is 11.2. The Morgan fingerprint density at radius 2 is 0.889 bits per heavy atom. The molecular weight excluding hydrogens is 568 g/mol. The van der Waals surface area contributed by atoms with E-state index in [1.165, 1.54) is 0 Å². The van der Waals surface area contributed by atoms with Crippen molar-refractivity contribution in [2.75, 3.05) is 62.2 Å². The van der Waals surface area contributed by atoms with Gasteiger partial charge in [0, 0.05) is 77.1 Å². The smallest absolute Gasteiger partial charge is 0.225 e. The first-order valence-corrected chi connectivity index (χ1v) is 15.5. The van der Waals surface area contributed by atoms with Gasteiger partial charge in [-0.05, 0) is 23.3 Å². The molecular formula is C34H38N8O3. The maximum Gasteiger partial charge on any atom is 0.225 e. The standard InChI is InChI=1S/C34H38N8O3/c43-31(39-17-21-41(22-18-39)33-35-13-7-14-36-33)25-29(27-9-3-1-4-10-27)45-30(28-11-5-2-6-12-28)26-32(44)40-19-23-42(24-20-40)34-37-15-8-16-38-34/h1-16,29-30H,17-26H2. The molecule has 45 heavy (non-hydrogen) atoms. The molecule has 0 saturated carbocycles. The molecule has 2 unspecified atom stereocenters. The van der Waals surface area contributed by atoms with E-state index < -0.39 is 12.2 Å². The molecule has 0 aliphatic carbocycles. The molecule has 0 spiro atoms. The molecule has 4 aromatic rings. The van der Waals surface area contributed by atoms with E-state index in [0.717, 1.165) is 11.1 Å². The molecule has 2 atom stereocenters. The first-order valence-electron chi connectivity index (χ1n) is 15.5. The van der Waals surface area contributed by atoms with Crippen LogP contribution >= 0.6 is 0 Å². The summed E-state index contributed by atoms with van der Waals surface area (Å²) in [5, 5.41) is 0. The zero-order valence-corrected chi connectivity index (χ0v) is 25.3. The number of benzene rings is 2. The van der Waals surface area contributed by atoms with Crippen molar-refractivity contribution in [3.8, 4) is 0 Å². The summed E-state index contributed by atoms with van der Waals surface area (Å²) >= 11 is 0. The number of hydrogen-bond donors (Lipinski definition) is 0. The van der Waals surface area contributed by atoms with Gasteiger partial charge in [-0.15, -0.1) is 0 Å². The van der Waals surface area contributed by atoms with Crippen LogP contribution in [0, 0.1) is 0 Å². The van der Waals surface area contributed by atoms with Crippen LogP contribution in [0.1, 0.15) is 36.2 Å². The predicted molar refractivity (Wildman–Crippen MR) is 170 cm³/mol. The Balaban J connectivity index is 1.13. The van der Waals surface area contributed by atoms with E-state index in [2.05, 4.69) is 29.7 Å². The fraction of sp³-hybridized carbons (Fsp3) is 0.353. The highest BCUT2D eigenvalue weighted by Gasteiger charge is 2.30. The van der Waals surface area contributed by atoms with E-state index in [1.54, 1.807) is 36.9 Å². The third-order valence-electron chi connectivity index (χ3n) is 8.33. The molecule has 2 aromatic carbocycles. The van der Waals surface area contributed by atoms with Crippen LogP contribution < -0.4 is 9.80 Å². The minimum Gasteiger partial charge on any atom is -0.365 e. The van der Waals surface area contributed by atoms with Gasteiger partial charge in [-0.1, -0.05) is 60.7 Å². The number of ether oxygens (including phenoxy) is 1. The van der Waals surface area contributed by atoms with Gasteiger partial charge in [0.25, 0.3) is 0 Å². The van der Waals surface area contributed by atoms with Gasteiger partial charge in [-0.2, -0.15) is 0 Å². The number of piperazine rings is 2. The minimum atomic E-state index is -0.515. The number of carbonyl (C=O) groups excluding carboxylic acids is 2. The number of anilines is 2. The molecule has 2 fully saturated rings. The van der Waals surface area contributed by atoms with Gasteiger partial charge in [-0.3, -0.25) is 9.59 Å². The molecule has 6 rings (SSSR count). The van der Waals surface area contributed by atoms with Crippen molar-refractivity contribution in [3.63, 3.8) is 0 Å². The lowest BCUT2D eigenvalue weighted by Gasteiger charge is -2.36. The molecule has 0 bridgehead atoms. The molecule has 232 valence electrons. The number of amides is 2. The third-order valence-corrected chi connectivity index (χ3v) is 8.33. The monoisotopic (exact) mass is 606 g/mol. The number of nitrogens with zero attached hydrogens (tertiary/aromatic N) is 8. The van der Waals surface area contributed by atoms with Gasteiger partial charge in [0.2, 0.25) is 23.7 Å². The van der Waals surface area contributed by atoms with Crippen LogP contribution in [0.3, 0.4) is 0 Å². The summed E-state index contributed by atoms with van der Waals surface area (Å²) in [7, 11) is 0. The average molecular weight is 607 g/mol. The van der Waals surface area contributed by atoms with Crippen molar-refractivity contribution in [2.45, 2.75) is 25.0 Å². The van der Waals surface area contributed by atoms with Crippen LogP contribution in [0.25, 0.3) is 0 Å². The van der Waals surface area contributed by atoms with Crippen molar-refractivity contribution >= 4 is 23.7 Å². The maximum absolute atomic E-state index is 13.7. The average Bonchev–Trinajstić information content (AvgIpc) is 3.12. The summed E-state index contributed by atoms with van der Waals surface area (Å²) < 4.78 is 6.77. The van der Waals surface area contributed by atoms with Crippen molar-refractivity contribution in [1.29, 1.82) is 0 Å². The van der Waals surface area contributed by atoms with Crippen LogP contribution in [0.2, 0.25) is 0 Å². The predicted octanol–water partition coefficient (Wildman–Crippen LogP) is 3.54. The molecule has 11 nitrogen and oxygen atoms in total. The van der Waals surface area contributed by atoms with Crippen molar-refractivity contribution in [2.24, 2.45) is 0 Å². The first-order chi connectivity index (χ1) is 22.1. The number of aromatic nitrogens is 4. The molecule has 2 aliphatic rings. The number of rotatable bonds is 10. The zero-order chi connectivity index (χ0) is 30.8. The Bertz CT molecular complexity index is 1380. The highest BCUT2D eigenvalue weighted by atomic mass is 16.5. The minimum absolute atomic E-state index is 0.0230. The fourth-order valence-corrected chi connectivity index (χ4v) is 5.82. The Labute approximate surface area is 263 Å². The lowest BCUT2D eigenvalue weighted by molar-refractivity contribution is -0.139. The Kier molecular flexibility index (Phi) is 9.86. The molecule has 11 heteroatoms. The maximum atomic E-state index is 13.7. The summed E-state index contributed by atoms with van der Waals surface area (Å²) in [6.07, 6.45) is 6.26. The van der Waals surface area contributed by atoms with E-state index in [0.29, 0.717) is 64.3 Å². The molecule has 2 amide bonds. The van der Waals surface area contributed by atoms with Crippen molar-refractivity contribution in [3.05, 3.63) is 109 Å². The van der Waals surface area contributed by atoms with E-state index in [4.69, 9.17) is 4.74 Å². The van der Waals surface area contributed by atoms with Crippen molar-refractivity contribution < 1.29 is 14.3 Å². The van der Waals surface area contributed by atoms with E-state index in [1.807, 2.05) is 70.5 Å². The van der Waals surface area contributed by atoms with Crippen LogP contribution in [0.15, 0.2) is 97.6 Å². The van der Waals surface area contributed by atoms with Gasteiger partial charge >= 0.3 is 0 Å². The van der Waals surface area contributed by atoms with Gasteiger partial charge in [-0.25, -0.2) is 19.9 Å². The number of hydrogen-bond acceptors (Lipinski definition) is 9. The van der Waals surface area contributed by atoms with Crippen LogP contribution in [0.4, 0.5) is 11.9 Å². The summed E-state index contributed by atoms with van der Waals surface area (Å²) in [5.74, 6) is 1.41. The highest BCUT2D eigenvalue weighted by molar-refractivity contribution is 5.78. The lowest BCUT2D eigenvalue weighted by Crippen LogP contribution is -2.49. The number of carbonyl (C=O) groups is 2. The molecule has 2 saturated heterocycles. The highest BCUT2D eigenvalue weighted by Crippen LogP contribution is 2.33. The third kappa shape index (κ3) is 7.79. The normalized spacial score (nSPS) is 16.7. The topological polar surface area (TPSA) is 108 Å². The summed E-state index contributed by atoms with van der Waals surface area (Å²) in [6.45, 7) is 4.99. The fourth-order valence-electron chi connectivity index (χ4n) is 5.82. The van der Waals surface area contributed by atoms with Gasteiger partial charge in [0.1, 0.15) is 0 Å². The second-order valence-corrected chi connectivity index (χ2v) is 11.2. The van der Waals surface area contributed by atoms with Gasteiger partial charge in [0.15, 0.2) is 0 Å². The quantitative estimate of drug-likeness (QED) is 0.268. The molecule has 2 aliphatic heterocycles. The van der Waals surface area contributed by atoms with E-state index in [9.17, 15) is 9.59 Å². The van der Waals surface area contributed by atoms with E-state index >= 15 is 0 Å². The van der Waals surface area contributed by atoms with Gasteiger partial charge < -0.3 is 24.3 Å². The Morgan fingerprint density at radius 3 is 1.24 bits per heavy atom. The summed E-state index contributed by atoms with van der Waals surface area (Å²) in [6, 6.07) is 23.2. The molecule has 0 radical (unpaired) electrons. The molecule has 2 aromatic heterocycles. The van der Waals surface area contributed by atoms with Gasteiger partial charge in [0.05, 0.1) is 25.0 Å². The zero-order valence-electron chi connectivity index (χ0n) is 25.3. The van der Waals surface area contributed by atoms with Crippen molar-refractivity contribution in [1.82, 2.24) is 29.7 Å². The van der Waals surface area contributed by atoms with E-state index in [-0.39, 0.29) is 24.7 Å². The Hall–Kier alpha value is -4.90. The summed E-state index contributed by atoms with van der Waals surface area (Å²) in [5.41, 5.74) is 1.82. The Morgan fingerprint density at radius 1 is 0.533 bits per heavy atom. The molecule has 4 heterocycles. The SMILES string of the molecule is O=C(CC(OC(CC(=O)N1CCN(c2ncccn2)CC1)c1ccccc1)c1ccccc1)N1CCN(c2ncccn2)CC1.